The summed E-state index contributed by atoms with van der Waals surface area (Å²) in [6.07, 6.45) is 2.29. The summed E-state index contributed by atoms with van der Waals surface area (Å²) < 4.78 is 9.04. The van der Waals surface area contributed by atoms with Gasteiger partial charge in [-0.25, -0.2) is 0 Å². The predicted octanol–water partition coefficient (Wildman–Crippen LogP) is 2.82. The summed E-state index contributed by atoms with van der Waals surface area (Å²) in [6.45, 7) is 0.870. The Hall–Kier alpha value is -0.190. The molecule has 2 rings (SSSR count). The van der Waals surface area contributed by atoms with Crippen molar-refractivity contribution in [3.05, 3.63) is 28.2 Å². The van der Waals surface area contributed by atoms with E-state index >= 15 is 0 Å². The van der Waals surface area contributed by atoms with Gasteiger partial charge in [0.05, 0.1) is 6.61 Å². The molecular formula is C10H14BrNOS. The van der Waals surface area contributed by atoms with E-state index in [9.17, 15) is 0 Å². The van der Waals surface area contributed by atoms with Crippen LogP contribution in [0.4, 0.5) is 0 Å². The molecule has 0 aromatic heterocycles. The predicted molar refractivity (Wildman–Crippen MR) is 66.0 cm³/mol. The Balaban J connectivity index is 0.000000293. The molecule has 0 amide bonds. The van der Waals surface area contributed by atoms with Crippen LogP contribution in [-0.2, 0) is 6.42 Å². The third kappa shape index (κ3) is 3.52. The molecule has 0 radical (unpaired) electrons. The fourth-order valence-electron chi connectivity index (χ4n) is 1.33. The third-order valence-corrected chi connectivity index (χ3v) is 2.36. The highest BCUT2D eigenvalue weighted by Gasteiger charge is 2.08. The number of halogens is 1. The molecule has 0 saturated heterocycles. The first-order valence-electron chi connectivity index (χ1n) is 4.50. The van der Waals surface area contributed by atoms with Crippen LogP contribution in [0.25, 0.3) is 0 Å². The first-order valence-corrected chi connectivity index (χ1v) is 5.74. The first kappa shape index (κ1) is 11.9. The van der Waals surface area contributed by atoms with E-state index in [0.717, 1.165) is 29.7 Å². The van der Waals surface area contributed by atoms with Crippen LogP contribution in [0.3, 0.4) is 0 Å². The Morgan fingerprint density at radius 3 is 2.93 bits per heavy atom. The normalized spacial score (nSPS) is 13.4. The number of fused-ring (bicyclic) bond motifs is 1. The number of rotatable bonds is 0. The van der Waals surface area contributed by atoms with Crippen LogP contribution in [-0.4, -0.2) is 13.7 Å². The SMILES string of the molecule is Brc1ccc2c(c1)CCCO2.CNS. The molecule has 14 heavy (non-hydrogen) atoms. The smallest absolute Gasteiger partial charge is 0.122 e. The molecule has 4 heteroatoms. The van der Waals surface area contributed by atoms with E-state index in [2.05, 4.69) is 39.5 Å². The molecule has 1 aliphatic rings. The van der Waals surface area contributed by atoms with Crippen molar-refractivity contribution in [1.82, 2.24) is 4.72 Å². The second kappa shape index (κ2) is 6.32. The van der Waals surface area contributed by atoms with Crippen molar-refractivity contribution in [3.8, 4) is 5.75 Å². The number of aryl methyl sites for hydroxylation is 1. The quantitative estimate of drug-likeness (QED) is 0.711. The summed E-state index contributed by atoms with van der Waals surface area (Å²) in [4.78, 5) is 0. The van der Waals surface area contributed by atoms with Gasteiger partial charge in [-0.15, -0.1) is 0 Å². The van der Waals surface area contributed by atoms with Crippen LogP contribution in [0.15, 0.2) is 22.7 Å². The molecule has 0 unspecified atom stereocenters. The lowest BCUT2D eigenvalue weighted by Crippen LogP contribution is -2.07. The lowest BCUT2D eigenvalue weighted by molar-refractivity contribution is 0.288. The van der Waals surface area contributed by atoms with E-state index in [1.807, 2.05) is 12.1 Å². The lowest BCUT2D eigenvalue weighted by Gasteiger charge is -2.16. The number of nitrogens with one attached hydrogen (secondary N) is 1. The Morgan fingerprint density at radius 2 is 2.21 bits per heavy atom. The van der Waals surface area contributed by atoms with Crippen molar-refractivity contribution in [2.45, 2.75) is 12.8 Å². The van der Waals surface area contributed by atoms with E-state index in [4.69, 9.17) is 4.74 Å². The van der Waals surface area contributed by atoms with E-state index < -0.39 is 0 Å². The number of hydrogen-bond donors (Lipinski definition) is 2. The van der Waals surface area contributed by atoms with Crippen molar-refractivity contribution in [2.75, 3.05) is 13.7 Å². The van der Waals surface area contributed by atoms with Gasteiger partial charge in [-0.2, -0.15) is 0 Å². The molecule has 0 atom stereocenters. The van der Waals surface area contributed by atoms with Crippen molar-refractivity contribution >= 4 is 28.7 Å². The van der Waals surface area contributed by atoms with Gasteiger partial charge in [-0.05, 0) is 43.7 Å². The summed E-state index contributed by atoms with van der Waals surface area (Å²) in [7, 11) is 1.74. The number of thiol groups is 1. The van der Waals surface area contributed by atoms with Crippen LogP contribution in [0.5, 0.6) is 5.75 Å². The van der Waals surface area contributed by atoms with E-state index in [0.29, 0.717) is 0 Å². The zero-order valence-electron chi connectivity index (χ0n) is 8.09. The molecule has 0 saturated carbocycles. The van der Waals surface area contributed by atoms with Crippen LogP contribution in [0.2, 0.25) is 0 Å². The van der Waals surface area contributed by atoms with E-state index in [1.54, 1.807) is 7.05 Å². The molecule has 0 fully saturated rings. The second-order valence-electron chi connectivity index (χ2n) is 2.93. The van der Waals surface area contributed by atoms with Crippen molar-refractivity contribution < 1.29 is 4.74 Å². The Bertz CT molecular complexity index is 293. The second-order valence-corrected chi connectivity index (χ2v) is 4.29. The average molecular weight is 276 g/mol. The average Bonchev–Trinajstić information content (AvgIpc) is 2.19. The Kier molecular flexibility index (Phi) is 5.37. The van der Waals surface area contributed by atoms with E-state index in [1.165, 1.54) is 5.56 Å². The van der Waals surface area contributed by atoms with Gasteiger partial charge in [0.25, 0.3) is 0 Å². The monoisotopic (exact) mass is 275 g/mol. The van der Waals surface area contributed by atoms with Crippen molar-refractivity contribution in [2.24, 2.45) is 0 Å². The fraction of sp³-hybridized carbons (Fsp3) is 0.400. The number of ether oxygens (including phenoxy) is 1. The Labute approximate surface area is 98.7 Å². The van der Waals surface area contributed by atoms with Crippen LogP contribution in [0, 0.1) is 0 Å². The topological polar surface area (TPSA) is 21.3 Å². The van der Waals surface area contributed by atoms with Crippen molar-refractivity contribution in [3.63, 3.8) is 0 Å². The van der Waals surface area contributed by atoms with Gasteiger partial charge in [0.1, 0.15) is 5.75 Å². The van der Waals surface area contributed by atoms with Gasteiger partial charge >= 0.3 is 0 Å². The van der Waals surface area contributed by atoms with Gasteiger partial charge in [-0.3, -0.25) is 4.72 Å². The minimum Gasteiger partial charge on any atom is -0.493 e. The first-order chi connectivity index (χ1) is 6.77. The maximum absolute atomic E-state index is 5.46. The molecule has 1 heterocycles. The highest BCUT2D eigenvalue weighted by molar-refractivity contribution is 9.10. The Morgan fingerprint density at radius 1 is 1.50 bits per heavy atom. The number of hydrogen-bond acceptors (Lipinski definition) is 3. The summed E-state index contributed by atoms with van der Waals surface area (Å²) in [5.41, 5.74) is 1.32. The standard InChI is InChI=1S/C9H9BrO.CH5NS/c10-8-3-4-9-7(6-8)2-1-5-11-9;1-2-3/h3-4,6H,1-2,5H2;2-3H,1H3. The maximum Gasteiger partial charge on any atom is 0.122 e. The van der Waals surface area contributed by atoms with Gasteiger partial charge in [0.15, 0.2) is 0 Å². The van der Waals surface area contributed by atoms with Crippen LogP contribution >= 0.6 is 28.7 Å². The molecule has 1 N–H and O–H groups in total. The molecule has 0 spiro atoms. The van der Waals surface area contributed by atoms with Crippen LogP contribution in [0.1, 0.15) is 12.0 Å². The van der Waals surface area contributed by atoms with Gasteiger partial charge in [0, 0.05) is 4.47 Å². The van der Waals surface area contributed by atoms with Crippen LogP contribution < -0.4 is 9.46 Å². The zero-order chi connectivity index (χ0) is 10.4. The fourth-order valence-corrected chi connectivity index (χ4v) is 1.74. The highest BCUT2D eigenvalue weighted by Crippen LogP contribution is 2.27. The molecule has 2 nitrogen and oxygen atoms in total. The summed E-state index contributed by atoms with van der Waals surface area (Å²) in [5, 5.41) is 0. The van der Waals surface area contributed by atoms with Crippen molar-refractivity contribution in [1.29, 1.82) is 0 Å². The molecule has 1 aromatic rings. The maximum atomic E-state index is 5.46. The lowest BCUT2D eigenvalue weighted by atomic mass is 10.1. The molecule has 78 valence electrons. The highest BCUT2D eigenvalue weighted by atomic mass is 79.9. The van der Waals surface area contributed by atoms with Gasteiger partial charge < -0.3 is 4.74 Å². The molecule has 1 aromatic carbocycles. The summed E-state index contributed by atoms with van der Waals surface area (Å²) in [6, 6.07) is 6.18. The molecule has 0 bridgehead atoms. The molecule has 1 aliphatic heterocycles. The van der Waals surface area contributed by atoms with Gasteiger partial charge in [-0.1, -0.05) is 28.7 Å². The van der Waals surface area contributed by atoms with Gasteiger partial charge in [0.2, 0.25) is 0 Å². The minimum absolute atomic E-state index is 0.870. The minimum atomic E-state index is 0.870. The summed E-state index contributed by atoms with van der Waals surface area (Å²) >= 11 is 6.97. The van der Waals surface area contributed by atoms with E-state index in [-0.39, 0.29) is 0 Å². The largest absolute Gasteiger partial charge is 0.493 e. The molecule has 0 aliphatic carbocycles. The zero-order valence-corrected chi connectivity index (χ0v) is 10.6. The summed E-state index contributed by atoms with van der Waals surface area (Å²) in [5.74, 6) is 1.06. The third-order valence-electron chi connectivity index (χ3n) is 1.87. The number of benzene rings is 1. The molecular weight excluding hydrogens is 262 g/mol.